The molecule has 22 heavy (non-hydrogen) atoms. The molecule has 0 aliphatic rings. The molecule has 0 spiro atoms. The van der Waals surface area contributed by atoms with Gasteiger partial charge >= 0.3 is 11.9 Å². The van der Waals surface area contributed by atoms with Gasteiger partial charge in [-0.3, -0.25) is 0 Å². The number of hydrogen-bond donors (Lipinski definition) is 2. The standard InChI is InChI=1S/C15H12NO5P/c1-9-4-2-3-5-13(9)22(21)16-12-8-10(14(17)18)6-7-11(12)15(19)20/h2-8H,1H3,(H,17,18)(H,19,20). The van der Waals surface area contributed by atoms with Crippen LogP contribution < -0.4 is 10.2 Å². The van der Waals surface area contributed by atoms with Crippen LogP contribution in [0.15, 0.2) is 47.2 Å². The molecule has 0 fully saturated rings. The molecule has 2 aromatic carbocycles. The Morgan fingerprint density at radius 3 is 2.36 bits per heavy atom. The number of nitrogens with zero attached hydrogens (tertiary/aromatic N) is 1. The van der Waals surface area contributed by atoms with Gasteiger partial charge in [0.1, 0.15) is 5.69 Å². The van der Waals surface area contributed by atoms with Crippen LogP contribution in [-0.4, -0.2) is 22.2 Å². The number of carbonyl (C=O) groups is 2. The zero-order chi connectivity index (χ0) is 16.3. The number of carboxylic acid groups (broad SMARTS) is 2. The third kappa shape index (κ3) is 3.36. The zero-order valence-electron chi connectivity index (χ0n) is 11.6. The molecule has 0 saturated heterocycles. The van der Waals surface area contributed by atoms with Gasteiger partial charge in [0.05, 0.1) is 11.1 Å². The van der Waals surface area contributed by atoms with Crippen LogP contribution in [0.2, 0.25) is 0 Å². The summed E-state index contributed by atoms with van der Waals surface area (Å²) in [7, 11) is -2.23. The van der Waals surface area contributed by atoms with Gasteiger partial charge in [-0.1, -0.05) is 22.9 Å². The van der Waals surface area contributed by atoms with Gasteiger partial charge in [-0.2, -0.15) is 0 Å². The minimum absolute atomic E-state index is 0.114. The van der Waals surface area contributed by atoms with Crippen LogP contribution in [0.1, 0.15) is 26.3 Å². The number of hydrogen-bond acceptors (Lipinski definition) is 4. The van der Waals surface area contributed by atoms with Crippen molar-refractivity contribution in [1.82, 2.24) is 0 Å². The minimum Gasteiger partial charge on any atom is -0.607 e. The average molecular weight is 317 g/mol. The number of rotatable bonds is 4. The van der Waals surface area contributed by atoms with Crippen molar-refractivity contribution in [2.24, 2.45) is 4.74 Å². The summed E-state index contributed by atoms with van der Waals surface area (Å²) in [6, 6.07) is 10.3. The molecule has 2 N–H and O–H groups in total. The summed E-state index contributed by atoms with van der Waals surface area (Å²) in [5.41, 5.74) is 0.342. The topological polar surface area (TPSA) is 110 Å². The maximum atomic E-state index is 12.3. The van der Waals surface area contributed by atoms with Crippen molar-refractivity contribution in [1.29, 1.82) is 0 Å². The van der Waals surface area contributed by atoms with E-state index in [9.17, 15) is 14.5 Å². The second kappa shape index (κ2) is 6.47. The highest BCUT2D eigenvalue weighted by atomic mass is 31.1. The molecule has 2 aromatic rings. The third-order valence-electron chi connectivity index (χ3n) is 3.00. The normalized spacial score (nSPS) is 11.3. The van der Waals surface area contributed by atoms with Gasteiger partial charge in [-0.05, 0) is 31.2 Å². The molecule has 0 radical (unpaired) electrons. The number of carboxylic acids is 2. The van der Waals surface area contributed by atoms with Crippen LogP contribution in [0, 0.1) is 6.92 Å². The van der Waals surface area contributed by atoms with Gasteiger partial charge < -0.3 is 15.1 Å². The first-order valence-electron chi connectivity index (χ1n) is 6.25. The smallest absolute Gasteiger partial charge is 0.338 e. The molecule has 0 saturated carbocycles. The monoisotopic (exact) mass is 317 g/mol. The van der Waals surface area contributed by atoms with Crippen molar-refractivity contribution in [3.05, 3.63) is 59.2 Å². The Kier molecular flexibility index (Phi) is 4.65. The van der Waals surface area contributed by atoms with E-state index in [4.69, 9.17) is 10.2 Å². The first-order chi connectivity index (χ1) is 10.4. The quantitative estimate of drug-likeness (QED) is 0.841. The fourth-order valence-electron chi connectivity index (χ4n) is 1.86. The first-order valence-corrected chi connectivity index (χ1v) is 7.46. The number of benzene rings is 2. The highest BCUT2D eigenvalue weighted by Crippen LogP contribution is 2.29. The second-order valence-electron chi connectivity index (χ2n) is 4.50. The predicted molar refractivity (Wildman–Crippen MR) is 80.2 cm³/mol. The van der Waals surface area contributed by atoms with Crippen molar-refractivity contribution in [3.8, 4) is 0 Å². The van der Waals surface area contributed by atoms with Crippen molar-refractivity contribution in [2.75, 3.05) is 0 Å². The first kappa shape index (κ1) is 15.8. The van der Waals surface area contributed by atoms with E-state index >= 15 is 0 Å². The lowest BCUT2D eigenvalue weighted by molar-refractivity contribution is -0.152. The van der Waals surface area contributed by atoms with Crippen LogP contribution >= 0.6 is 7.94 Å². The van der Waals surface area contributed by atoms with E-state index in [0.717, 1.165) is 17.7 Å². The molecule has 0 aromatic heterocycles. The van der Waals surface area contributed by atoms with E-state index in [1.165, 1.54) is 6.07 Å². The van der Waals surface area contributed by atoms with Gasteiger partial charge in [-0.25, -0.2) is 9.59 Å². The van der Waals surface area contributed by atoms with Crippen molar-refractivity contribution in [2.45, 2.75) is 6.92 Å². The predicted octanol–water partition coefficient (Wildman–Crippen LogP) is 2.29. The van der Waals surface area contributed by atoms with Crippen molar-refractivity contribution in [3.63, 3.8) is 0 Å². The molecule has 1 atom stereocenters. The molecule has 0 amide bonds. The summed E-state index contributed by atoms with van der Waals surface area (Å²) in [6.45, 7) is 1.77. The lowest BCUT2D eigenvalue weighted by Crippen LogP contribution is -2.08. The van der Waals surface area contributed by atoms with E-state index in [-0.39, 0.29) is 16.8 Å². The summed E-state index contributed by atoms with van der Waals surface area (Å²) in [5, 5.41) is 18.6. The minimum atomic E-state index is -2.23. The Balaban J connectivity index is 2.57. The molecular weight excluding hydrogens is 305 g/mol. The molecule has 2 rings (SSSR count). The van der Waals surface area contributed by atoms with E-state index in [2.05, 4.69) is 4.74 Å². The molecule has 0 aliphatic carbocycles. The Morgan fingerprint density at radius 2 is 1.77 bits per heavy atom. The molecule has 6 nitrogen and oxygen atoms in total. The SMILES string of the molecule is Cc1ccccc1/[P+]([O-])=N/c1cc(C(=O)O)ccc1C(=O)O. The molecule has 0 bridgehead atoms. The van der Waals surface area contributed by atoms with E-state index in [1.54, 1.807) is 31.2 Å². The number of aromatic carboxylic acids is 2. The summed E-state index contributed by atoms with van der Waals surface area (Å²) in [6.07, 6.45) is 0. The summed E-state index contributed by atoms with van der Waals surface area (Å²) >= 11 is 0. The fraction of sp³-hybridized carbons (Fsp3) is 0.0667. The van der Waals surface area contributed by atoms with Gasteiger partial charge in [-0.15, -0.1) is 0 Å². The maximum absolute atomic E-state index is 12.3. The summed E-state index contributed by atoms with van der Waals surface area (Å²) in [5.74, 6) is -2.47. The summed E-state index contributed by atoms with van der Waals surface area (Å²) < 4.78 is 3.92. The van der Waals surface area contributed by atoms with Crippen LogP contribution in [0.3, 0.4) is 0 Å². The Labute approximate surface area is 127 Å². The summed E-state index contributed by atoms with van der Waals surface area (Å²) in [4.78, 5) is 34.5. The number of aryl methyl sites for hydroxylation is 1. The fourth-order valence-corrected chi connectivity index (χ4v) is 2.92. The third-order valence-corrected chi connectivity index (χ3v) is 4.31. The van der Waals surface area contributed by atoms with Gasteiger partial charge in [0.15, 0.2) is 5.30 Å². The zero-order valence-corrected chi connectivity index (χ0v) is 12.4. The van der Waals surface area contributed by atoms with Crippen LogP contribution in [0.5, 0.6) is 0 Å². The molecule has 0 aliphatic heterocycles. The Morgan fingerprint density at radius 1 is 1.09 bits per heavy atom. The Bertz CT molecular complexity index is 785. The lowest BCUT2D eigenvalue weighted by Gasteiger charge is -2.03. The van der Waals surface area contributed by atoms with Gasteiger partial charge in [0.25, 0.3) is 0 Å². The van der Waals surface area contributed by atoms with Crippen molar-refractivity contribution >= 4 is 30.9 Å². The van der Waals surface area contributed by atoms with Crippen molar-refractivity contribution < 1.29 is 24.7 Å². The molecule has 1 unspecified atom stereocenters. The molecular formula is C15H12NO5P. The van der Waals surface area contributed by atoms with E-state index in [1.807, 2.05) is 0 Å². The maximum Gasteiger partial charge on any atom is 0.338 e. The van der Waals surface area contributed by atoms with E-state index < -0.39 is 19.9 Å². The highest BCUT2D eigenvalue weighted by molar-refractivity contribution is 7.48. The highest BCUT2D eigenvalue weighted by Gasteiger charge is 2.17. The average Bonchev–Trinajstić information content (AvgIpc) is 2.47. The van der Waals surface area contributed by atoms with Gasteiger partial charge in [0.2, 0.25) is 7.94 Å². The van der Waals surface area contributed by atoms with Crippen LogP contribution in [-0.2, 0) is 0 Å². The molecule has 7 heteroatoms. The Hall–Kier alpha value is -2.56. The largest absolute Gasteiger partial charge is 0.607 e. The van der Waals surface area contributed by atoms with Crippen LogP contribution in [0.4, 0.5) is 5.69 Å². The second-order valence-corrected chi connectivity index (χ2v) is 5.73. The van der Waals surface area contributed by atoms with E-state index in [0.29, 0.717) is 5.30 Å². The molecule has 112 valence electrons. The van der Waals surface area contributed by atoms with Crippen LogP contribution in [0.25, 0.3) is 0 Å². The lowest BCUT2D eigenvalue weighted by atomic mass is 10.1. The molecule has 0 heterocycles. The van der Waals surface area contributed by atoms with Gasteiger partial charge in [0, 0.05) is 5.56 Å².